The van der Waals surface area contributed by atoms with Gasteiger partial charge in [0.2, 0.25) is 0 Å². The van der Waals surface area contributed by atoms with Crippen molar-refractivity contribution in [3.8, 4) is 0 Å². The summed E-state index contributed by atoms with van der Waals surface area (Å²) < 4.78 is 5.03. The summed E-state index contributed by atoms with van der Waals surface area (Å²) in [6.45, 7) is 4.03. The van der Waals surface area contributed by atoms with Gasteiger partial charge in [0, 0.05) is 30.7 Å². The van der Waals surface area contributed by atoms with E-state index < -0.39 is 0 Å². The fourth-order valence-corrected chi connectivity index (χ4v) is 3.14. The van der Waals surface area contributed by atoms with Gasteiger partial charge >= 0.3 is 6.09 Å². The van der Waals surface area contributed by atoms with Crippen molar-refractivity contribution < 1.29 is 9.53 Å². The van der Waals surface area contributed by atoms with Crippen LogP contribution in [0.2, 0.25) is 0 Å². The minimum Gasteiger partial charge on any atom is -0.450 e. The number of pyridine rings is 1. The van der Waals surface area contributed by atoms with Crippen LogP contribution in [0.5, 0.6) is 0 Å². The van der Waals surface area contributed by atoms with Gasteiger partial charge in [0.25, 0.3) is 0 Å². The van der Waals surface area contributed by atoms with Crippen LogP contribution in [0.15, 0.2) is 41.5 Å². The van der Waals surface area contributed by atoms with Crippen LogP contribution in [0.25, 0.3) is 10.9 Å². The highest BCUT2D eigenvalue weighted by Crippen LogP contribution is 2.16. The number of piperidine rings is 1. The Hall–Kier alpha value is -2.83. The molecule has 0 spiro atoms. The molecule has 0 atom stereocenters. The number of amides is 1. The molecule has 3 N–H and O–H groups in total. The van der Waals surface area contributed by atoms with Crippen molar-refractivity contribution in [3.63, 3.8) is 0 Å². The molecule has 7 heteroatoms. The Balaban J connectivity index is 1.54. The van der Waals surface area contributed by atoms with Gasteiger partial charge in [-0.2, -0.15) is 0 Å². The van der Waals surface area contributed by atoms with Crippen LogP contribution < -0.4 is 11.1 Å². The van der Waals surface area contributed by atoms with E-state index in [0.717, 1.165) is 29.3 Å². The third-order valence-corrected chi connectivity index (χ3v) is 4.51. The first-order chi connectivity index (χ1) is 12.7. The molecule has 138 valence electrons. The Morgan fingerprint density at radius 3 is 2.88 bits per heavy atom. The van der Waals surface area contributed by atoms with Crippen molar-refractivity contribution in [2.75, 3.05) is 19.7 Å². The van der Waals surface area contributed by atoms with Crippen LogP contribution in [0.4, 0.5) is 4.79 Å². The fraction of sp³-hybridized carbons (Fsp3) is 0.421. The van der Waals surface area contributed by atoms with Gasteiger partial charge in [-0.25, -0.2) is 9.79 Å². The van der Waals surface area contributed by atoms with Gasteiger partial charge in [0.1, 0.15) is 0 Å². The number of aliphatic imine (C=N–C) groups is 1. The van der Waals surface area contributed by atoms with Crippen LogP contribution in [-0.4, -0.2) is 47.7 Å². The third kappa shape index (κ3) is 4.41. The lowest BCUT2D eigenvalue weighted by molar-refractivity contribution is 0.0963. The van der Waals surface area contributed by atoms with Gasteiger partial charge in [0.05, 0.1) is 18.7 Å². The smallest absolute Gasteiger partial charge is 0.409 e. The molecule has 3 rings (SSSR count). The second kappa shape index (κ2) is 8.51. The molecule has 0 saturated carbocycles. The molecular weight excluding hydrogens is 330 g/mol. The number of guanidine groups is 1. The van der Waals surface area contributed by atoms with Crippen LogP contribution in [0.1, 0.15) is 25.3 Å². The summed E-state index contributed by atoms with van der Waals surface area (Å²) in [5.74, 6) is 0.424. The molecule has 0 aliphatic carbocycles. The molecule has 1 aliphatic heterocycles. The predicted molar refractivity (Wildman–Crippen MR) is 102 cm³/mol. The monoisotopic (exact) mass is 355 g/mol. The van der Waals surface area contributed by atoms with Gasteiger partial charge in [-0.05, 0) is 31.4 Å². The number of nitrogens with one attached hydrogen (secondary N) is 1. The molecule has 0 radical (unpaired) electrons. The first-order valence-electron chi connectivity index (χ1n) is 8.98. The van der Waals surface area contributed by atoms with E-state index in [1.165, 1.54) is 0 Å². The van der Waals surface area contributed by atoms with Crippen LogP contribution in [0, 0.1) is 0 Å². The maximum Gasteiger partial charge on any atom is 0.409 e. The summed E-state index contributed by atoms with van der Waals surface area (Å²) in [5.41, 5.74) is 8.05. The molecule has 1 aromatic heterocycles. The van der Waals surface area contributed by atoms with E-state index in [-0.39, 0.29) is 12.1 Å². The molecule has 1 saturated heterocycles. The van der Waals surface area contributed by atoms with E-state index in [0.29, 0.717) is 32.2 Å². The Morgan fingerprint density at radius 1 is 1.35 bits per heavy atom. The normalized spacial score (nSPS) is 15.9. The molecule has 0 unspecified atom stereocenters. The number of fused-ring (bicyclic) bond motifs is 1. The summed E-state index contributed by atoms with van der Waals surface area (Å²) >= 11 is 0. The van der Waals surface area contributed by atoms with Gasteiger partial charge in [-0.1, -0.05) is 24.3 Å². The zero-order valence-electron chi connectivity index (χ0n) is 15.0. The molecule has 7 nitrogen and oxygen atoms in total. The number of hydrogen-bond donors (Lipinski definition) is 2. The van der Waals surface area contributed by atoms with Crippen LogP contribution >= 0.6 is 0 Å². The number of carbonyl (C=O) groups excluding carboxylic acids is 1. The molecule has 1 amide bonds. The number of benzene rings is 1. The first-order valence-corrected chi connectivity index (χ1v) is 8.98. The molecular formula is C19H25N5O2. The summed E-state index contributed by atoms with van der Waals surface area (Å²) in [4.78, 5) is 22.4. The highest BCUT2D eigenvalue weighted by atomic mass is 16.6. The van der Waals surface area contributed by atoms with E-state index in [9.17, 15) is 4.79 Å². The number of carbonyl (C=O) groups is 1. The van der Waals surface area contributed by atoms with Crippen molar-refractivity contribution >= 4 is 23.0 Å². The molecule has 26 heavy (non-hydrogen) atoms. The molecule has 0 bridgehead atoms. The second-order valence-electron chi connectivity index (χ2n) is 6.30. The number of nitrogens with two attached hydrogens (primary N) is 1. The van der Waals surface area contributed by atoms with E-state index in [1.807, 2.05) is 37.3 Å². The standard InChI is InChI=1S/C19H25N5O2/c1-2-26-19(25)24-11-8-16(9-12-24)23-18(20)22-13-15-6-3-5-14-7-4-10-21-17(14)15/h3-7,10,16H,2,8-9,11-13H2,1H3,(H3,20,22,23). The number of rotatable bonds is 4. The summed E-state index contributed by atoms with van der Waals surface area (Å²) in [5, 5.41) is 4.35. The van der Waals surface area contributed by atoms with Gasteiger partial charge in [0.15, 0.2) is 5.96 Å². The lowest BCUT2D eigenvalue weighted by Gasteiger charge is -2.31. The average molecular weight is 355 g/mol. The topological polar surface area (TPSA) is 92.8 Å². The zero-order chi connectivity index (χ0) is 18.4. The Bertz CT molecular complexity index is 779. The van der Waals surface area contributed by atoms with Crippen molar-refractivity contribution in [1.82, 2.24) is 15.2 Å². The summed E-state index contributed by atoms with van der Waals surface area (Å²) in [6.07, 6.45) is 3.19. The summed E-state index contributed by atoms with van der Waals surface area (Å²) in [6, 6.07) is 10.2. The van der Waals surface area contributed by atoms with E-state index in [1.54, 1.807) is 11.1 Å². The van der Waals surface area contributed by atoms with Crippen molar-refractivity contribution in [1.29, 1.82) is 0 Å². The summed E-state index contributed by atoms with van der Waals surface area (Å²) in [7, 11) is 0. The zero-order valence-corrected chi connectivity index (χ0v) is 15.0. The van der Waals surface area contributed by atoms with E-state index in [2.05, 4.69) is 15.3 Å². The number of hydrogen-bond acceptors (Lipinski definition) is 4. The van der Waals surface area contributed by atoms with Crippen molar-refractivity contribution in [2.45, 2.75) is 32.4 Å². The Labute approximate surface area is 153 Å². The van der Waals surface area contributed by atoms with E-state index >= 15 is 0 Å². The van der Waals surface area contributed by atoms with Gasteiger partial charge in [-0.15, -0.1) is 0 Å². The SMILES string of the molecule is CCOC(=O)N1CCC(NC(N)=NCc2cccc3cccnc23)CC1. The maximum atomic E-state index is 11.7. The molecule has 2 aromatic rings. The van der Waals surface area contributed by atoms with Crippen LogP contribution in [-0.2, 0) is 11.3 Å². The lowest BCUT2D eigenvalue weighted by atomic mass is 10.1. The Morgan fingerprint density at radius 2 is 2.12 bits per heavy atom. The third-order valence-electron chi connectivity index (χ3n) is 4.51. The van der Waals surface area contributed by atoms with Gasteiger partial charge in [-0.3, -0.25) is 4.98 Å². The largest absolute Gasteiger partial charge is 0.450 e. The molecule has 2 heterocycles. The fourth-order valence-electron chi connectivity index (χ4n) is 3.14. The molecule has 1 fully saturated rings. The number of ether oxygens (including phenoxy) is 1. The highest BCUT2D eigenvalue weighted by molar-refractivity contribution is 5.82. The van der Waals surface area contributed by atoms with Gasteiger partial charge < -0.3 is 20.7 Å². The number of likely N-dealkylation sites (tertiary alicyclic amines) is 1. The highest BCUT2D eigenvalue weighted by Gasteiger charge is 2.23. The minimum absolute atomic E-state index is 0.218. The maximum absolute atomic E-state index is 11.7. The lowest BCUT2D eigenvalue weighted by Crippen LogP contribution is -2.48. The first kappa shape index (κ1) is 18.0. The van der Waals surface area contributed by atoms with Crippen molar-refractivity contribution in [2.24, 2.45) is 10.7 Å². The number of nitrogens with zero attached hydrogens (tertiary/aromatic N) is 3. The average Bonchev–Trinajstić information content (AvgIpc) is 2.67. The van der Waals surface area contributed by atoms with Crippen molar-refractivity contribution in [3.05, 3.63) is 42.1 Å². The Kier molecular flexibility index (Phi) is 5.88. The van der Waals surface area contributed by atoms with E-state index in [4.69, 9.17) is 10.5 Å². The second-order valence-corrected chi connectivity index (χ2v) is 6.30. The number of para-hydroxylation sites is 1. The molecule has 1 aromatic carbocycles. The molecule has 1 aliphatic rings. The quantitative estimate of drug-likeness (QED) is 0.648. The predicted octanol–water partition coefficient (Wildman–Crippen LogP) is 2.26. The minimum atomic E-state index is -0.240. The number of aromatic nitrogens is 1. The van der Waals surface area contributed by atoms with Crippen LogP contribution in [0.3, 0.4) is 0 Å².